The number of nitro benzene ring substituents is 1. The minimum absolute atomic E-state index is 0.0334. The van der Waals surface area contributed by atoms with Crippen LogP contribution in [0.1, 0.15) is 10.5 Å². The zero-order valence-electron chi connectivity index (χ0n) is 10.5. The van der Waals surface area contributed by atoms with Gasteiger partial charge in [0.05, 0.1) is 17.7 Å². The molecule has 0 saturated heterocycles. The summed E-state index contributed by atoms with van der Waals surface area (Å²) in [5.74, 6) is -1.15. The van der Waals surface area contributed by atoms with E-state index in [1.165, 1.54) is 29.1 Å². The van der Waals surface area contributed by atoms with E-state index < -0.39 is 10.9 Å². The molecular formula is C11H9ClN4O5. The third-order valence-electron chi connectivity index (χ3n) is 2.45. The molecule has 0 saturated carbocycles. The average Bonchev–Trinajstić information content (AvgIpc) is 2.87. The molecule has 21 heavy (non-hydrogen) atoms. The van der Waals surface area contributed by atoms with Gasteiger partial charge in [-0.2, -0.15) is 0 Å². The first-order chi connectivity index (χ1) is 9.97. The molecule has 0 aliphatic carbocycles. The zero-order valence-corrected chi connectivity index (χ0v) is 11.2. The Balaban J connectivity index is 2.01. The van der Waals surface area contributed by atoms with Crippen molar-refractivity contribution in [2.24, 2.45) is 0 Å². The fourth-order valence-electron chi connectivity index (χ4n) is 1.51. The fraction of sp³-hybridized carbons (Fsp3) is 0.182. The maximum Gasteiger partial charge on any atom is 0.358 e. The molecule has 1 aromatic carbocycles. The van der Waals surface area contributed by atoms with Crippen molar-refractivity contribution in [2.75, 3.05) is 6.61 Å². The van der Waals surface area contributed by atoms with Gasteiger partial charge in [-0.15, -0.1) is 5.10 Å². The minimum atomic E-state index is -1.19. The molecule has 0 fully saturated rings. The van der Waals surface area contributed by atoms with Gasteiger partial charge in [-0.1, -0.05) is 16.8 Å². The number of ether oxygens (including phenoxy) is 1. The number of aromatic carboxylic acids is 1. The minimum Gasteiger partial charge on any atom is -0.485 e. The summed E-state index contributed by atoms with van der Waals surface area (Å²) in [6.07, 6.45) is 1.23. The number of carbonyl (C=O) groups is 1. The second-order valence-electron chi connectivity index (χ2n) is 3.89. The predicted molar refractivity (Wildman–Crippen MR) is 70.6 cm³/mol. The number of hydrogen-bond acceptors (Lipinski definition) is 6. The molecule has 9 nitrogen and oxygen atoms in total. The third kappa shape index (κ3) is 3.66. The van der Waals surface area contributed by atoms with E-state index in [-0.39, 0.29) is 30.3 Å². The lowest BCUT2D eigenvalue weighted by molar-refractivity contribution is -0.385. The van der Waals surface area contributed by atoms with Crippen LogP contribution in [0.25, 0.3) is 0 Å². The van der Waals surface area contributed by atoms with E-state index >= 15 is 0 Å². The van der Waals surface area contributed by atoms with Gasteiger partial charge in [0.1, 0.15) is 6.61 Å². The van der Waals surface area contributed by atoms with Crippen LogP contribution in [0, 0.1) is 10.1 Å². The molecule has 0 spiro atoms. The number of aromatic nitrogens is 3. The van der Waals surface area contributed by atoms with Crippen LogP contribution < -0.4 is 4.74 Å². The second kappa shape index (κ2) is 6.18. The Kier molecular flexibility index (Phi) is 4.33. The van der Waals surface area contributed by atoms with Gasteiger partial charge in [0.25, 0.3) is 0 Å². The summed E-state index contributed by atoms with van der Waals surface area (Å²) in [6, 6.07) is 3.97. The van der Waals surface area contributed by atoms with E-state index in [2.05, 4.69) is 10.3 Å². The Morgan fingerprint density at radius 2 is 2.29 bits per heavy atom. The lowest BCUT2D eigenvalue weighted by atomic mass is 10.3. The molecule has 0 aliphatic rings. The van der Waals surface area contributed by atoms with E-state index in [0.717, 1.165) is 0 Å². The summed E-state index contributed by atoms with van der Waals surface area (Å²) in [6.45, 7) is 0.230. The predicted octanol–water partition coefficient (Wildman–Crippen LogP) is 1.62. The molecule has 0 aliphatic heterocycles. The number of halogens is 1. The highest BCUT2D eigenvalue weighted by atomic mass is 35.5. The maximum absolute atomic E-state index is 10.8. The first kappa shape index (κ1) is 14.7. The molecule has 0 radical (unpaired) electrons. The number of benzene rings is 1. The largest absolute Gasteiger partial charge is 0.485 e. The Hall–Kier alpha value is -2.68. The highest BCUT2D eigenvalue weighted by molar-refractivity contribution is 6.30. The first-order valence-corrected chi connectivity index (χ1v) is 6.05. The Labute approximate surface area is 122 Å². The number of rotatable bonds is 6. The van der Waals surface area contributed by atoms with E-state index in [1.54, 1.807) is 0 Å². The molecule has 1 heterocycles. The molecule has 2 rings (SSSR count). The summed E-state index contributed by atoms with van der Waals surface area (Å²) < 4.78 is 6.55. The summed E-state index contributed by atoms with van der Waals surface area (Å²) in [5.41, 5.74) is -0.395. The van der Waals surface area contributed by atoms with Gasteiger partial charge >= 0.3 is 11.7 Å². The van der Waals surface area contributed by atoms with Crippen molar-refractivity contribution in [1.29, 1.82) is 0 Å². The number of carboxylic acids is 1. The molecule has 1 N–H and O–H groups in total. The number of hydrogen-bond donors (Lipinski definition) is 1. The topological polar surface area (TPSA) is 120 Å². The van der Waals surface area contributed by atoms with E-state index in [9.17, 15) is 14.9 Å². The molecule has 0 atom stereocenters. The monoisotopic (exact) mass is 312 g/mol. The van der Waals surface area contributed by atoms with Gasteiger partial charge in [-0.05, 0) is 6.07 Å². The maximum atomic E-state index is 10.8. The highest BCUT2D eigenvalue weighted by Gasteiger charge is 2.15. The normalized spacial score (nSPS) is 10.3. The van der Waals surface area contributed by atoms with Crippen LogP contribution in [0.2, 0.25) is 5.02 Å². The first-order valence-electron chi connectivity index (χ1n) is 5.67. The highest BCUT2D eigenvalue weighted by Crippen LogP contribution is 2.29. The van der Waals surface area contributed by atoms with Crippen LogP contribution >= 0.6 is 11.6 Å². The number of nitrogens with zero attached hydrogens (tertiary/aromatic N) is 4. The Morgan fingerprint density at radius 1 is 1.52 bits per heavy atom. The fourth-order valence-corrected chi connectivity index (χ4v) is 1.67. The number of carboxylic acid groups (broad SMARTS) is 1. The van der Waals surface area contributed by atoms with Crippen molar-refractivity contribution in [2.45, 2.75) is 6.54 Å². The van der Waals surface area contributed by atoms with Crippen LogP contribution in [0.15, 0.2) is 24.4 Å². The van der Waals surface area contributed by atoms with E-state index in [1.807, 2.05) is 0 Å². The third-order valence-corrected chi connectivity index (χ3v) is 2.69. The molecule has 1 aromatic heterocycles. The SMILES string of the molecule is O=C(O)c1cn(CCOc2cc(Cl)ccc2[N+](=O)[O-])nn1. The van der Waals surface area contributed by atoms with Gasteiger partial charge in [0, 0.05) is 17.2 Å². The van der Waals surface area contributed by atoms with Crippen LogP contribution in [-0.2, 0) is 6.54 Å². The van der Waals surface area contributed by atoms with Crippen LogP contribution in [-0.4, -0.2) is 37.6 Å². The van der Waals surface area contributed by atoms with Crippen molar-refractivity contribution in [1.82, 2.24) is 15.0 Å². The summed E-state index contributed by atoms with van der Waals surface area (Å²) in [7, 11) is 0. The zero-order chi connectivity index (χ0) is 15.4. The van der Waals surface area contributed by atoms with Gasteiger partial charge in [0.2, 0.25) is 0 Å². The lowest BCUT2D eigenvalue weighted by Gasteiger charge is -2.06. The smallest absolute Gasteiger partial charge is 0.358 e. The summed E-state index contributed by atoms with van der Waals surface area (Å²) in [4.78, 5) is 20.9. The van der Waals surface area contributed by atoms with E-state index in [4.69, 9.17) is 21.4 Å². The van der Waals surface area contributed by atoms with Gasteiger partial charge in [-0.3, -0.25) is 10.1 Å². The molecule has 10 heteroatoms. The van der Waals surface area contributed by atoms with Crippen molar-refractivity contribution in [3.8, 4) is 5.75 Å². The second-order valence-corrected chi connectivity index (χ2v) is 4.33. The summed E-state index contributed by atoms with van der Waals surface area (Å²) in [5, 5.41) is 26.9. The number of nitro groups is 1. The van der Waals surface area contributed by atoms with Crippen LogP contribution in [0.4, 0.5) is 5.69 Å². The molecular weight excluding hydrogens is 304 g/mol. The van der Waals surface area contributed by atoms with Crippen molar-refractivity contribution in [3.63, 3.8) is 0 Å². The van der Waals surface area contributed by atoms with Crippen LogP contribution in [0.3, 0.4) is 0 Å². The Bertz CT molecular complexity index is 687. The molecule has 110 valence electrons. The lowest BCUT2D eigenvalue weighted by Crippen LogP contribution is -2.09. The molecule has 2 aromatic rings. The quantitative estimate of drug-likeness (QED) is 0.635. The van der Waals surface area contributed by atoms with Gasteiger partial charge in [-0.25, -0.2) is 9.48 Å². The summed E-state index contributed by atoms with van der Waals surface area (Å²) >= 11 is 5.76. The van der Waals surface area contributed by atoms with Crippen LogP contribution in [0.5, 0.6) is 5.75 Å². The van der Waals surface area contributed by atoms with Gasteiger partial charge in [0.15, 0.2) is 11.4 Å². The Morgan fingerprint density at radius 3 is 2.90 bits per heavy atom. The van der Waals surface area contributed by atoms with Crippen molar-refractivity contribution >= 4 is 23.3 Å². The van der Waals surface area contributed by atoms with Crippen molar-refractivity contribution < 1.29 is 19.6 Å². The molecule has 0 bridgehead atoms. The average molecular weight is 313 g/mol. The molecule has 0 amide bonds. The van der Waals surface area contributed by atoms with Gasteiger partial charge < -0.3 is 9.84 Å². The van der Waals surface area contributed by atoms with E-state index in [0.29, 0.717) is 5.02 Å². The molecule has 0 unspecified atom stereocenters. The van der Waals surface area contributed by atoms with Crippen molar-refractivity contribution in [3.05, 3.63) is 45.2 Å². The standard InChI is InChI=1S/C11H9ClN4O5/c12-7-1-2-9(16(19)20)10(5-7)21-4-3-15-6-8(11(17)18)13-14-15/h1-2,5-6H,3-4H2,(H,17,18).